The average molecular weight is 404 g/mol. The lowest BCUT2D eigenvalue weighted by Crippen LogP contribution is -2.28. The fraction of sp³-hybridized carbons (Fsp3) is 0.360. The zero-order chi connectivity index (χ0) is 20.8. The Bertz CT molecular complexity index is 999. The predicted octanol–water partition coefficient (Wildman–Crippen LogP) is 4.21. The highest BCUT2D eigenvalue weighted by Gasteiger charge is 2.19. The topological polar surface area (TPSA) is 47.4 Å². The number of likely N-dealkylation sites (tertiary alicyclic amines) is 1. The number of hydrogen-bond donors (Lipinski definition) is 0. The molecular weight excluding hydrogens is 374 g/mol. The molecule has 1 aliphatic rings. The summed E-state index contributed by atoms with van der Waals surface area (Å²) in [6.07, 6.45) is 3.67. The zero-order valence-electron chi connectivity index (χ0n) is 17.5. The van der Waals surface area contributed by atoms with Crippen LogP contribution >= 0.6 is 0 Å². The maximum absolute atomic E-state index is 12.2. The van der Waals surface area contributed by atoms with Gasteiger partial charge in [0.25, 0.3) is 5.56 Å². The highest BCUT2D eigenvalue weighted by molar-refractivity contribution is 5.59. The predicted molar refractivity (Wildman–Crippen MR) is 120 cm³/mol. The quantitative estimate of drug-likeness (QED) is 0.529. The van der Waals surface area contributed by atoms with Gasteiger partial charge in [-0.1, -0.05) is 30.3 Å². The minimum absolute atomic E-state index is 0.102. The molecule has 0 unspecified atom stereocenters. The first kappa shape index (κ1) is 20.4. The minimum Gasteiger partial charge on any atom is -0.494 e. The van der Waals surface area contributed by atoms with Crippen molar-refractivity contribution in [2.45, 2.75) is 38.8 Å². The number of rotatable bonds is 8. The summed E-state index contributed by atoms with van der Waals surface area (Å²) in [5, 5.41) is 4.55. The molecule has 1 aromatic heterocycles. The van der Waals surface area contributed by atoms with Crippen molar-refractivity contribution in [2.75, 3.05) is 19.7 Å². The Hall–Kier alpha value is -2.92. The largest absolute Gasteiger partial charge is 0.494 e. The molecule has 2 aromatic carbocycles. The van der Waals surface area contributed by atoms with Crippen molar-refractivity contribution in [3.63, 3.8) is 0 Å². The molecule has 1 saturated heterocycles. The SMILES string of the molecule is C[C@@H]1CCCN1CCCOc1ccc(-c2ccc(=O)n(Cc3ccccc3)n2)cc1. The summed E-state index contributed by atoms with van der Waals surface area (Å²) in [5.41, 5.74) is 2.70. The van der Waals surface area contributed by atoms with Crippen LogP contribution in [-0.2, 0) is 6.54 Å². The number of ether oxygens (including phenoxy) is 1. The van der Waals surface area contributed by atoms with Crippen LogP contribution in [0, 0.1) is 0 Å². The molecule has 2 heterocycles. The van der Waals surface area contributed by atoms with Crippen LogP contribution in [0.25, 0.3) is 11.3 Å². The van der Waals surface area contributed by atoms with E-state index in [1.807, 2.05) is 54.6 Å². The van der Waals surface area contributed by atoms with Gasteiger partial charge in [-0.2, -0.15) is 5.10 Å². The van der Waals surface area contributed by atoms with Gasteiger partial charge in [0, 0.05) is 24.2 Å². The normalized spacial score (nSPS) is 16.6. The van der Waals surface area contributed by atoms with Crippen molar-refractivity contribution in [2.24, 2.45) is 0 Å². The van der Waals surface area contributed by atoms with Crippen molar-refractivity contribution >= 4 is 0 Å². The monoisotopic (exact) mass is 403 g/mol. The van der Waals surface area contributed by atoms with Gasteiger partial charge in [0.1, 0.15) is 5.75 Å². The first-order chi connectivity index (χ1) is 14.7. The standard InChI is InChI=1S/C25H29N3O2/c1-20-7-5-16-27(20)17-6-18-30-23-12-10-22(11-13-23)24-14-15-25(29)28(26-24)19-21-8-3-2-4-9-21/h2-4,8-15,20H,5-7,16-19H2,1H3/t20-/m1/s1. The summed E-state index contributed by atoms with van der Waals surface area (Å²) in [5.74, 6) is 0.867. The molecule has 0 aliphatic carbocycles. The Morgan fingerprint density at radius 3 is 2.57 bits per heavy atom. The smallest absolute Gasteiger partial charge is 0.267 e. The van der Waals surface area contributed by atoms with E-state index in [1.165, 1.54) is 24.1 Å². The van der Waals surface area contributed by atoms with E-state index in [0.29, 0.717) is 12.6 Å². The Kier molecular flexibility index (Phi) is 6.60. The van der Waals surface area contributed by atoms with Crippen LogP contribution in [0.5, 0.6) is 5.75 Å². The maximum Gasteiger partial charge on any atom is 0.267 e. The van der Waals surface area contributed by atoms with Gasteiger partial charge in [-0.3, -0.25) is 4.79 Å². The molecule has 5 nitrogen and oxygen atoms in total. The molecule has 1 atom stereocenters. The Balaban J connectivity index is 1.35. The second kappa shape index (κ2) is 9.72. The molecule has 30 heavy (non-hydrogen) atoms. The molecule has 156 valence electrons. The number of benzene rings is 2. The molecule has 0 saturated carbocycles. The summed E-state index contributed by atoms with van der Waals surface area (Å²) < 4.78 is 7.42. The lowest BCUT2D eigenvalue weighted by molar-refractivity contribution is 0.230. The van der Waals surface area contributed by atoms with E-state index < -0.39 is 0 Å². The van der Waals surface area contributed by atoms with Gasteiger partial charge in [-0.25, -0.2) is 4.68 Å². The molecule has 0 bridgehead atoms. The van der Waals surface area contributed by atoms with Crippen LogP contribution in [0.4, 0.5) is 0 Å². The van der Waals surface area contributed by atoms with Crippen LogP contribution in [-0.4, -0.2) is 40.4 Å². The van der Waals surface area contributed by atoms with Crippen LogP contribution in [0.2, 0.25) is 0 Å². The second-order valence-electron chi connectivity index (χ2n) is 7.95. The maximum atomic E-state index is 12.2. The molecule has 0 radical (unpaired) electrons. The van der Waals surface area contributed by atoms with Crippen LogP contribution in [0.3, 0.4) is 0 Å². The number of hydrogen-bond acceptors (Lipinski definition) is 4. The first-order valence-electron chi connectivity index (χ1n) is 10.8. The van der Waals surface area contributed by atoms with Crippen molar-refractivity contribution in [1.29, 1.82) is 0 Å². The van der Waals surface area contributed by atoms with E-state index in [-0.39, 0.29) is 5.56 Å². The van der Waals surface area contributed by atoms with Gasteiger partial charge in [0.2, 0.25) is 0 Å². The highest BCUT2D eigenvalue weighted by atomic mass is 16.5. The average Bonchev–Trinajstić information content (AvgIpc) is 3.19. The molecule has 1 aliphatic heterocycles. The van der Waals surface area contributed by atoms with Gasteiger partial charge in [0.05, 0.1) is 18.8 Å². The summed E-state index contributed by atoms with van der Waals surface area (Å²) in [6.45, 7) is 5.82. The van der Waals surface area contributed by atoms with Gasteiger partial charge < -0.3 is 9.64 Å². The van der Waals surface area contributed by atoms with Crippen molar-refractivity contribution in [3.8, 4) is 17.0 Å². The molecular formula is C25H29N3O2. The lowest BCUT2D eigenvalue weighted by Gasteiger charge is -2.20. The zero-order valence-corrected chi connectivity index (χ0v) is 17.5. The summed E-state index contributed by atoms with van der Waals surface area (Å²) in [4.78, 5) is 14.7. The van der Waals surface area contributed by atoms with Crippen molar-refractivity contribution < 1.29 is 4.74 Å². The van der Waals surface area contributed by atoms with E-state index in [4.69, 9.17) is 4.74 Å². The summed E-state index contributed by atoms with van der Waals surface area (Å²) in [7, 11) is 0. The van der Waals surface area contributed by atoms with Crippen LogP contribution < -0.4 is 10.3 Å². The Labute approximate surface area is 177 Å². The Morgan fingerprint density at radius 2 is 1.83 bits per heavy atom. The van der Waals surface area contributed by atoms with Gasteiger partial charge >= 0.3 is 0 Å². The molecule has 0 amide bonds. The fourth-order valence-electron chi connectivity index (χ4n) is 3.98. The minimum atomic E-state index is -0.102. The molecule has 0 spiro atoms. The fourth-order valence-corrected chi connectivity index (χ4v) is 3.98. The van der Waals surface area contributed by atoms with E-state index in [2.05, 4.69) is 16.9 Å². The van der Waals surface area contributed by atoms with Gasteiger partial charge in [-0.05, 0) is 68.6 Å². The number of aromatic nitrogens is 2. The van der Waals surface area contributed by atoms with Crippen molar-refractivity contribution in [3.05, 3.63) is 82.6 Å². The third-order valence-corrected chi connectivity index (χ3v) is 5.74. The van der Waals surface area contributed by atoms with Crippen LogP contribution in [0.1, 0.15) is 31.7 Å². The third-order valence-electron chi connectivity index (χ3n) is 5.74. The molecule has 4 rings (SSSR count). The lowest BCUT2D eigenvalue weighted by atomic mass is 10.1. The Morgan fingerprint density at radius 1 is 1.03 bits per heavy atom. The van der Waals surface area contributed by atoms with Crippen LogP contribution in [0.15, 0.2) is 71.5 Å². The molecule has 3 aromatic rings. The van der Waals surface area contributed by atoms with Crippen molar-refractivity contribution in [1.82, 2.24) is 14.7 Å². The van der Waals surface area contributed by atoms with E-state index in [0.717, 1.165) is 42.1 Å². The number of nitrogens with zero attached hydrogens (tertiary/aromatic N) is 3. The van der Waals surface area contributed by atoms with Gasteiger partial charge in [0.15, 0.2) is 0 Å². The van der Waals surface area contributed by atoms with E-state index in [9.17, 15) is 4.79 Å². The van der Waals surface area contributed by atoms with Gasteiger partial charge in [-0.15, -0.1) is 0 Å². The summed E-state index contributed by atoms with van der Waals surface area (Å²) >= 11 is 0. The molecule has 1 fully saturated rings. The molecule has 0 N–H and O–H groups in total. The summed E-state index contributed by atoms with van der Waals surface area (Å²) in [6, 6.07) is 21.9. The highest BCUT2D eigenvalue weighted by Crippen LogP contribution is 2.21. The third kappa shape index (κ3) is 5.16. The second-order valence-corrected chi connectivity index (χ2v) is 7.95. The first-order valence-corrected chi connectivity index (χ1v) is 10.8. The van der Waals surface area contributed by atoms with E-state index in [1.54, 1.807) is 12.1 Å². The van der Waals surface area contributed by atoms with E-state index >= 15 is 0 Å². The molecule has 5 heteroatoms.